The molecule has 0 unspecified atom stereocenters. The Morgan fingerprint density at radius 1 is 1.32 bits per heavy atom. The van der Waals surface area contributed by atoms with Crippen LogP contribution in [0.2, 0.25) is 0 Å². The van der Waals surface area contributed by atoms with Gasteiger partial charge in [0.25, 0.3) is 6.43 Å². The number of aliphatic carboxylic acids is 1. The van der Waals surface area contributed by atoms with Gasteiger partial charge in [-0.05, 0) is 37.6 Å². The maximum absolute atomic E-state index is 13.3. The van der Waals surface area contributed by atoms with Gasteiger partial charge in [-0.3, -0.25) is 4.79 Å². The van der Waals surface area contributed by atoms with Gasteiger partial charge in [-0.15, -0.1) is 0 Å². The summed E-state index contributed by atoms with van der Waals surface area (Å²) in [5, 5.41) is 11.3. The quantitative estimate of drug-likeness (QED) is 0.787. The van der Waals surface area contributed by atoms with Crippen LogP contribution in [-0.4, -0.2) is 24.2 Å². The standard InChI is InChI=1S/C12H13F4NO2/c1-17-9(12(18)19)3-2-6-4-7(13)10(11(15)16)8(14)5-6/h4-5,9,11,17H,2-3H2,1H3,(H,18,19)/t9-/m0/s1. The zero-order valence-electron chi connectivity index (χ0n) is 10.1. The number of carboxylic acid groups (broad SMARTS) is 1. The van der Waals surface area contributed by atoms with Gasteiger partial charge in [0.1, 0.15) is 17.7 Å². The largest absolute Gasteiger partial charge is 0.480 e. The predicted octanol–water partition coefficient (Wildman–Crippen LogP) is 2.51. The van der Waals surface area contributed by atoms with Gasteiger partial charge in [0.2, 0.25) is 0 Å². The van der Waals surface area contributed by atoms with Gasteiger partial charge < -0.3 is 10.4 Å². The van der Waals surface area contributed by atoms with E-state index >= 15 is 0 Å². The molecule has 19 heavy (non-hydrogen) atoms. The van der Waals surface area contributed by atoms with E-state index in [0.29, 0.717) is 0 Å². The lowest BCUT2D eigenvalue weighted by Crippen LogP contribution is -2.34. The topological polar surface area (TPSA) is 49.3 Å². The van der Waals surface area contributed by atoms with Gasteiger partial charge in [0.05, 0.1) is 5.56 Å². The summed E-state index contributed by atoms with van der Waals surface area (Å²) in [6.45, 7) is 0. The van der Waals surface area contributed by atoms with Crippen LogP contribution in [0.15, 0.2) is 12.1 Å². The average molecular weight is 279 g/mol. The third-order valence-corrected chi connectivity index (χ3v) is 2.73. The van der Waals surface area contributed by atoms with E-state index in [1.807, 2.05) is 0 Å². The second-order valence-corrected chi connectivity index (χ2v) is 3.99. The number of hydrogen-bond donors (Lipinski definition) is 2. The Labute approximate surface area is 107 Å². The molecule has 7 heteroatoms. The maximum atomic E-state index is 13.3. The van der Waals surface area contributed by atoms with Crippen LogP contribution in [0.4, 0.5) is 17.6 Å². The molecular weight excluding hydrogens is 266 g/mol. The number of halogens is 4. The normalized spacial score (nSPS) is 12.7. The molecule has 0 amide bonds. The van der Waals surface area contributed by atoms with Crippen molar-refractivity contribution in [2.75, 3.05) is 7.05 Å². The Morgan fingerprint density at radius 3 is 2.21 bits per heavy atom. The monoisotopic (exact) mass is 279 g/mol. The number of carboxylic acids is 1. The van der Waals surface area contributed by atoms with E-state index in [1.165, 1.54) is 7.05 Å². The molecule has 0 spiro atoms. The fourth-order valence-corrected chi connectivity index (χ4v) is 1.69. The summed E-state index contributed by atoms with van der Waals surface area (Å²) in [6, 6.07) is 0.749. The molecule has 1 rings (SSSR count). The van der Waals surface area contributed by atoms with Crippen LogP contribution in [0.3, 0.4) is 0 Å². The van der Waals surface area contributed by atoms with Crippen molar-refractivity contribution < 1.29 is 27.5 Å². The number of benzene rings is 1. The van der Waals surface area contributed by atoms with Crippen LogP contribution < -0.4 is 5.32 Å². The summed E-state index contributed by atoms with van der Waals surface area (Å²) in [6.07, 6.45) is -3.06. The van der Waals surface area contributed by atoms with Gasteiger partial charge in [-0.1, -0.05) is 0 Å². The first-order chi connectivity index (χ1) is 8.86. The number of carbonyl (C=O) groups is 1. The third kappa shape index (κ3) is 3.92. The smallest absolute Gasteiger partial charge is 0.320 e. The second kappa shape index (κ2) is 6.51. The molecule has 1 aromatic rings. The van der Waals surface area contributed by atoms with Gasteiger partial charge in [0, 0.05) is 0 Å². The molecule has 0 bridgehead atoms. The SMILES string of the molecule is CN[C@@H](CCc1cc(F)c(C(F)F)c(F)c1)C(=O)O. The highest BCUT2D eigenvalue weighted by Gasteiger charge is 2.21. The maximum Gasteiger partial charge on any atom is 0.320 e. The van der Waals surface area contributed by atoms with Crippen LogP contribution in [0.1, 0.15) is 24.0 Å². The number of nitrogens with one attached hydrogen (secondary N) is 1. The predicted molar refractivity (Wildman–Crippen MR) is 60.1 cm³/mol. The minimum Gasteiger partial charge on any atom is -0.480 e. The van der Waals surface area contributed by atoms with E-state index in [1.54, 1.807) is 0 Å². The van der Waals surface area contributed by atoms with Crippen molar-refractivity contribution in [1.82, 2.24) is 5.32 Å². The summed E-state index contributed by atoms with van der Waals surface area (Å²) >= 11 is 0. The summed E-state index contributed by atoms with van der Waals surface area (Å²) in [4.78, 5) is 10.7. The van der Waals surface area contributed by atoms with Crippen LogP contribution >= 0.6 is 0 Å². The molecule has 0 saturated heterocycles. The number of aryl methyl sites for hydroxylation is 1. The second-order valence-electron chi connectivity index (χ2n) is 3.99. The number of rotatable bonds is 6. The lowest BCUT2D eigenvalue weighted by Gasteiger charge is -2.12. The van der Waals surface area contributed by atoms with E-state index in [0.717, 1.165) is 12.1 Å². The Balaban J connectivity index is 2.84. The van der Waals surface area contributed by atoms with Crippen LogP contribution in [0, 0.1) is 11.6 Å². The zero-order valence-corrected chi connectivity index (χ0v) is 10.1. The van der Waals surface area contributed by atoms with Crippen LogP contribution in [-0.2, 0) is 11.2 Å². The molecule has 0 radical (unpaired) electrons. The van der Waals surface area contributed by atoms with Crippen molar-refractivity contribution in [2.45, 2.75) is 25.3 Å². The Morgan fingerprint density at radius 2 is 1.84 bits per heavy atom. The molecule has 2 N–H and O–H groups in total. The molecule has 0 heterocycles. The van der Waals surface area contributed by atoms with Crippen molar-refractivity contribution >= 4 is 5.97 Å². The van der Waals surface area contributed by atoms with E-state index < -0.39 is 35.6 Å². The van der Waals surface area contributed by atoms with E-state index in [9.17, 15) is 22.4 Å². The molecule has 0 saturated carbocycles. The Bertz CT molecular complexity index is 442. The van der Waals surface area contributed by atoms with E-state index in [4.69, 9.17) is 5.11 Å². The summed E-state index contributed by atoms with van der Waals surface area (Å²) in [5.74, 6) is -3.73. The van der Waals surface area contributed by atoms with Crippen molar-refractivity contribution in [3.05, 3.63) is 34.9 Å². The summed E-state index contributed by atoms with van der Waals surface area (Å²) in [7, 11) is 1.44. The molecule has 0 aliphatic rings. The zero-order chi connectivity index (χ0) is 14.6. The van der Waals surface area contributed by atoms with Crippen LogP contribution in [0.25, 0.3) is 0 Å². The first-order valence-corrected chi connectivity index (χ1v) is 5.52. The third-order valence-electron chi connectivity index (χ3n) is 2.73. The summed E-state index contributed by atoms with van der Waals surface area (Å²) in [5.41, 5.74) is -1.12. The lowest BCUT2D eigenvalue weighted by atomic mass is 10.0. The van der Waals surface area contributed by atoms with Gasteiger partial charge in [-0.25, -0.2) is 17.6 Å². The highest BCUT2D eigenvalue weighted by Crippen LogP contribution is 2.26. The van der Waals surface area contributed by atoms with Gasteiger partial charge in [0.15, 0.2) is 0 Å². The Kier molecular flexibility index (Phi) is 5.29. The summed E-state index contributed by atoms with van der Waals surface area (Å²) < 4.78 is 51.2. The number of hydrogen-bond acceptors (Lipinski definition) is 2. The van der Waals surface area contributed by atoms with Crippen molar-refractivity contribution in [1.29, 1.82) is 0 Å². The average Bonchev–Trinajstić information content (AvgIpc) is 2.27. The van der Waals surface area contributed by atoms with Crippen molar-refractivity contribution in [3.8, 4) is 0 Å². The van der Waals surface area contributed by atoms with E-state index in [-0.39, 0.29) is 18.4 Å². The first-order valence-electron chi connectivity index (χ1n) is 5.52. The molecule has 1 atom stereocenters. The minimum absolute atomic E-state index is 0.0646. The lowest BCUT2D eigenvalue weighted by molar-refractivity contribution is -0.139. The Hall–Kier alpha value is -1.63. The molecule has 0 aromatic heterocycles. The van der Waals surface area contributed by atoms with Crippen molar-refractivity contribution in [3.63, 3.8) is 0 Å². The van der Waals surface area contributed by atoms with Gasteiger partial charge in [-0.2, -0.15) is 0 Å². The minimum atomic E-state index is -3.22. The molecule has 1 aromatic carbocycles. The fourth-order valence-electron chi connectivity index (χ4n) is 1.69. The number of alkyl halides is 2. The highest BCUT2D eigenvalue weighted by atomic mass is 19.3. The van der Waals surface area contributed by atoms with Crippen molar-refractivity contribution in [2.24, 2.45) is 0 Å². The molecule has 3 nitrogen and oxygen atoms in total. The van der Waals surface area contributed by atoms with Crippen LogP contribution in [0.5, 0.6) is 0 Å². The number of likely N-dealkylation sites (N-methyl/N-ethyl adjacent to an activating group) is 1. The first kappa shape index (κ1) is 15.4. The molecular formula is C12H13F4NO2. The van der Waals surface area contributed by atoms with E-state index in [2.05, 4.69) is 5.32 Å². The fraction of sp³-hybridized carbons (Fsp3) is 0.417. The highest BCUT2D eigenvalue weighted by molar-refractivity contribution is 5.73. The van der Waals surface area contributed by atoms with Gasteiger partial charge >= 0.3 is 5.97 Å². The molecule has 0 aliphatic carbocycles. The molecule has 0 aliphatic heterocycles. The molecule has 0 fully saturated rings. The molecule has 106 valence electrons.